The predicted octanol–water partition coefficient (Wildman–Crippen LogP) is 3.52. The molecule has 174 valence electrons. The number of halogens is 3. The molecule has 0 saturated heterocycles. The van der Waals surface area contributed by atoms with E-state index >= 15 is 0 Å². The smallest absolute Gasteiger partial charge is 0.389 e. The quantitative estimate of drug-likeness (QED) is 0.623. The summed E-state index contributed by atoms with van der Waals surface area (Å²) in [6.45, 7) is 3.20. The number of hydrogen-bond donors (Lipinski definition) is 1. The summed E-state index contributed by atoms with van der Waals surface area (Å²) in [6.07, 6.45) is -2.11. The van der Waals surface area contributed by atoms with Gasteiger partial charge in [-0.25, -0.2) is 9.97 Å². The minimum atomic E-state index is -4.36. The van der Waals surface area contributed by atoms with E-state index in [-0.39, 0.29) is 13.2 Å². The van der Waals surface area contributed by atoms with Gasteiger partial charge in [0.25, 0.3) is 0 Å². The number of fused-ring (bicyclic) bond motifs is 1. The van der Waals surface area contributed by atoms with Crippen molar-refractivity contribution in [2.24, 2.45) is 0 Å². The Bertz CT molecular complexity index is 974. The maximum Gasteiger partial charge on any atom is 0.389 e. The van der Waals surface area contributed by atoms with Crippen LogP contribution in [-0.4, -0.2) is 57.8 Å². The third-order valence-corrected chi connectivity index (χ3v) is 4.93. The van der Waals surface area contributed by atoms with Crippen LogP contribution in [0.25, 0.3) is 11.5 Å². The summed E-state index contributed by atoms with van der Waals surface area (Å²) < 4.78 is 42.9. The van der Waals surface area contributed by atoms with Crippen molar-refractivity contribution >= 4 is 11.6 Å². The van der Waals surface area contributed by atoms with Gasteiger partial charge in [0.1, 0.15) is 23.9 Å². The molecule has 0 unspecified atom stereocenters. The van der Waals surface area contributed by atoms with Crippen LogP contribution < -0.4 is 9.64 Å². The van der Waals surface area contributed by atoms with E-state index in [0.717, 1.165) is 30.5 Å². The van der Waals surface area contributed by atoms with Gasteiger partial charge in [-0.2, -0.15) is 13.2 Å². The number of aliphatic hydroxyl groups is 1. The summed E-state index contributed by atoms with van der Waals surface area (Å²) in [5.41, 5.74) is 1.23. The number of anilines is 1. The summed E-state index contributed by atoms with van der Waals surface area (Å²) in [4.78, 5) is 27.2. The zero-order chi connectivity index (χ0) is 23.5. The molecule has 1 aliphatic carbocycles. The van der Waals surface area contributed by atoms with Crippen molar-refractivity contribution in [1.29, 1.82) is 0 Å². The van der Waals surface area contributed by atoms with Gasteiger partial charge in [-0.15, -0.1) is 0 Å². The van der Waals surface area contributed by atoms with Gasteiger partial charge in [-0.05, 0) is 39.2 Å². The second-order valence-corrected chi connectivity index (χ2v) is 8.64. The molecule has 0 aliphatic heterocycles. The van der Waals surface area contributed by atoms with Gasteiger partial charge in [0.05, 0.1) is 18.6 Å². The minimum absolute atomic E-state index is 0.0928. The van der Waals surface area contributed by atoms with Crippen molar-refractivity contribution in [3.05, 3.63) is 29.6 Å². The largest absolute Gasteiger partial charge is 0.490 e. The molecular weight excluding hydrogens is 425 g/mol. The average molecular weight is 452 g/mol. The summed E-state index contributed by atoms with van der Waals surface area (Å²) in [5, 5.41) is 9.86. The van der Waals surface area contributed by atoms with Gasteiger partial charge in [0.2, 0.25) is 0 Å². The lowest BCUT2D eigenvalue weighted by atomic mass is 10.1. The normalized spacial score (nSPS) is 13.7. The Hall–Kier alpha value is -2.75. The van der Waals surface area contributed by atoms with Crippen LogP contribution >= 0.6 is 0 Å². The SMILES string of the molecule is CN(CC(=O)CCC(F)(F)F)c1nc(-c2cc(OCC(C)(C)O)ccn2)nc2c1CCC2. The molecule has 0 saturated carbocycles. The highest BCUT2D eigenvalue weighted by Gasteiger charge is 2.29. The number of ether oxygens (including phenoxy) is 1. The minimum Gasteiger partial charge on any atom is -0.490 e. The zero-order valence-electron chi connectivity index (χ0n) is 18.4. The molecule has 7 nitrogen and oxygen atoms in total. The summed E-state index contributed by atoms with van der Waals surface area (Å²) >= 11 is 0. The molecule has 32 heavy (non-hydrogen) atoms. The lowest BCUT2D eigenvalue weighted by molar-refractivity contribution is -0.142. The van der Waals surface area contributed by atoms with Crippen LogP contribution in [-0.2, 0) is 17.6 Å². The van der Waals surface area contributed by atoms with Gasteiger partial charge in [-0.3, -0.25) is 9.78 Å². The fourth-order valence-electron chi connectivity index (χ4n) is 3.43. The highest BCUT2D eigenvalue weighted by atomic mass is 19.4. The van der Waals surface area contributed by atoms with E-state index in [9.17, 15) is 23.1 Å². The standard InChI is InChI=1S/C22H27F3N4O3/c1-21(2,31)13-32-15-8-10-26-18(11-15)19-27-17-6-4-5-16(17)20(28-19)29(3)12-14(30)7-9-22(23,24)25/h8,10-11,31H,4-7,9,12-13H2,1-3H3. The first kappa shape index (κ1) is 23.9. The number of alkyl halides is 3. The first-order valence-corrected chi connectivity index (χ1v) is 10.4. The van der Waals surface area contributed by atoms with E-state index in [4.69, 9.17) is 4.74 Å². The lowest BCUT2D eigenvalue weighted by Gasteiger charge is -2.21. The molecular formula is C22H27F3N4O3. The first-order chi connectivity index (χ1) is 14.9. The Morgan fingerprint density at radius 3 is 2.69 bits per heavy atom. The fraction of sp³-hybridized carbons (Fsp3) is 0.545. The molecule has 0 radical (unpaired) electrons. The van der Waals surface area contributed by atoms with Gasteiger partial charge < -0.3 is 14.7 Å². The van der Waals surface area contributed by atoms with Crippen molar-refractivity contribution in [2.75, 3.05) is 25.1 Å². The van der Waals surface area contributed by atoms with Crippen molar-refractivity contribution in [3.63, 3.8) is 0 Å². The molecule has 0 spiro atoms. The molecule has 2 aromatic rings. The number of aryl methyl sites for hydroxylation is 1. The molecule has 0 fully saturated rings. The van der Waals surface area contributed by atoms with Gasteiger partial charge in [0, 0.05) is 37.0 Å². The van der Waals surface area contributed by atoms with Crippen LogP contribution in [0.1, 0.15) is 44.4 Å². The average Bonchev–Trinajstić information content (AvgIpc) is 3.18. The number of aromatic nitrogens is 3. The molecule has 0 bridgehead atoms. The number of Topliss-reactive ketones (excluding diaryl/α,β-unsaturated/α-hetero) is 1. The number of likely N-dealkylation sites (N-methyl/N-ethyl adjacent to an activating group) is 1. The van der Waals surface area contributed by atoms with E-state index < -0.39 is 30.4 Å². The van der Waals surface area contributed by atoms with Gasteiger partial charge in [0.15, 0.2) is 11.6 Å². The fourth-order valence-corrected chi connectivity index (χ4v) is 3.43. The van der Waals surface area contributed by atoms with Crippen LogP contribution in [0, 0.1) is 0 Å². The number of hydrogen-bond acceptors (Lipinski definition) is 7. The van der Waals surface area contributed by atoms with E-state index in [2.05, 4.69) is 15.0 Å². The van der Waals surface area contributed by atoms with E-state index in [1.54, 1.807) is 44.1 Å². The van der Waals surface area contributed by atoms with E-state index in [0.29, 0.717) is 23.1 Å². The second kappa shape index (κ2) is 9.40. The predicted molar refractivity (Wildman–Crippen MR) is 113 cm³/mol. The van der Waals surface area contributed by atoms with Crippen LogP contribution in [0.15, 0.2) is 18.3 Å². The lowest BCUT2D eigenvalue weighted by Crippen LogP contribution is -2.28. The number of ketones is 1. The summed E-state index contributed by atoms with van der Waals surface area (Å²) in [7, 11) is 1.65. The highest BCUT2D eigenvalue weighted by Crippen LogP contribution is 2.31. The van der Waals surface area contributed by atoms with Crippen molar-refractivity contribution in [2.45, 2.75) is 57.7 Å². The third-order valence-electron chi connectivity index (χ3n) is 4.93. The topological polar surface area (TPSA) is 88.4 Å². The molecule has 0 atom stereocenters. The number of carbonyl (C=O) groups is 1. The van der Waals surface area contributed by atoms with Gasteiger partial charge >= 0.3 is 6.18 Å². The Labute approximate surface area is 184 Å². The molecule has 1 aliphatic rings. The Morgan fingerprint density at radius 1 is 1.25 bits per heavy atom. The maximum atomic E-state index is 12.4. The van der Waals surface area contributed by atoms with Crippen molar-refractivity contribution in [1.82, 2.24) is 15.0 Å². The van der Waals surface area contributed by atoms with E-state index in [1.807, 2.05) is 0 Å². The number of nitrogens with zero attached hydrogens (tertiary/aromatic N) is 4. The Kier molecular flexibility index (Phi) is 7.02. The molecule has 10 heteroatoms. The Morgan fingerprint density at radius 2 is 2.00 bits per heavy atom. The first-order valence-electron chi connectivity index (χ1n) is 10.4. The van der Waals surface area contributed by atoms with Crippen LogP contribution in [0.4, 0.5) is 19.0 Å². The monoisotopic (exact) mass is 452 g/mol. The van der Waals surface area contributed by atoms with Crippen LogP contribution in [0.3, 0.4) is 0 Å². The van der Waals surface area contributed by atoms with E-state index in [1.165, 1.54) is 0 Å². The molecule has 1 N–H and O–H groups in total. The van der Waals surface area contributed by atoms with Crippen molar-refractivity contribution < 1.29 is 27.8 Å². The number of carbonyl (C=O) groups excluding carboxylic acids is 1. The summed E-state index contributed by atoms with van der Waals surface area (Å²) in [5.74, 6) is 0.881. The van der Waals surface area contributed by atoms with Crippen LogP contribution in [0.2, 0.25) is 0 Å². The second-order valence-electron chi connectivity index (χ2n) is 8.64. The zero-order valence-corrected chi connectivity index (χ0v) is 18.4. The molecule has 3 rings (SSSR count). The van der Waals surface area contributed by atoms with Gasteiger partial charge in [-0.1, -0.05) is 0 Å². The molecule has 2 aromatic heterocycles. The van der Waals surface area contributed by atoms with Crippen LogP contribution in [0.5, 0.6) is 5.75 Å². The molecule has 0 aromatic carbocycles. The highest BCUT2D eigenvalue weighted by molar-refractivity contribution is 5.83. The molecule has 2 heterocycles. The molecule has 0 amide bonds. The number of pyridine rings is 1. The third kappa shape index (κ3) is 6.62. The maximum absolute atomic E-state index is 12.4. The van der Waals surface area contributed by atoms with Crippen molar-refractivity contribution in [3.8, 4) is 17.3 Å². The Balaban J connectivity index is 1.83. The number of rotatable bonds is 9. The summed E-state index contributed by atoms with van der Waals surface area (Å²) in [6, 6.07) is 3.33.